The van der Waals surface area contributed by atoms with Crippen LogP contribution in [0.15, 0.2) is 0 Å². The summed E-state index contributed by atoms with van der Waals surface area (Å²) in [5.41, 5.74) is 10.4. The molecular formula is C4H12N2OS2. The first-order valence-electron chi connectivity index (χ1n) is 2.73. The highest BCUT2D eigenvalue weighted by Gasteiger charge is 1.86. The minimum absolute atomic E-state index is 0.661. The van der Waals surface area contributed by atoms with E-state index in [0.717, 1.165) is 11.5 Å². The molecular weight excluding hydrogens is 156 g/mol. The van der Waals surface area contributed by atoms with Gasteiger partial charge in [0.25, 0.3) is 0 Å². The molecule has 0 saturated carbocycles. The van der Waals surface area contributed by atoms with E-state index < -0.39 is 0 Å². The molecule has 0 fully saturated rings. The minimum Gasteiger partial charge on any atom is -0.330 e. The van der Waals surface area contributed by atoms with Crippen LogP contribution in [0, 0.1) is 0 Å². The van der Waals surface area contributed by atoms with Crippen molar-refractivity contribution in [3.63, 3.8) is 0 Å². The van der Waals surface area contributed by atoms with Crippen molar-refractivity contribution in [3.05, 3.63) is 0 Å². The molecule has 0 bridgehead atoms. The molecule has 0 aliphatic heterocycles. The van der Waals surface area contributed by atoms with Gasteiger partial charge in [-0.2, -0.15) is 0 Å². The van der Waals surface area contributed by atoms with Gasteiger partial charge in [-0.15, -0.1) is 0 Å². The molecule has 56 valence electrons. The smallest absolute Gasteiger partial charge is 0.0333 e. The van der Waals surface area contributed by atoms with Crippen LogP contribution >= 0.6 is 24.1 Å². The van der Waals surface area contributed by atoms with E-state index in [4.69, 9.17) is 15.1 Å². The Morgan fingerprint density at radius 1 is 1.00 bits per heavy atom. The maximum Gasteiger partial charge on any atom is 0.0333 e. The molecule has 0 saturated heterocycles. The number of nitrogens with two attached hydrogens (primary N) is 2. The largest absolute Gasteiger partial charge is 0.330 e. The van der Waals surface area contributed by atoms with Crippen molar-refractivity contribution < 1.29 is 3.63 Å². The number of rotatable bonds is 6. The molecule has 0 aromatic rings. The standard InChI is InChI=1S/C4H12N2OS2/c5-1-3-8-7-9-4-2-6/h1-6H2. The van der Waals surface area contributed by atoms with Crippen molar-refractivity contribution in [1.82, 2.24) is 0 Å². The zero-order chi connectivity index (χ0) is 6.95. The summed E-state index contributed by atoms with van der Waals surface area (Å²) in [6.45, 7) is 1.32. The van der Waals surface area contributed by atoms with Gasteiger partial charge < -0.3 is 11.5 Å². The zero-order valence-electron chi connectivity index (χ0n) is 5.21. The first-order valence-corrected chi connectivity index (χ1v) is 4.55. The molecule has 0 aliphatic carbocycles. The van der Waals surface area contributed by atoms with Crippen molar-refractivity contribution in [1.29, 1.82) is 0 Å². The van der Waals surface area contributed by atoms with E-state index in [1.807, 2.05) is 0 Å². The van der Waals surface area contributed by atoms with E-state index in [0.29, 0.717) is 13.1 Å². The summed E-state index contributed by atoms with van der Waals surface area (Å²) >= 11 is 2.75. The van der Waals surface area contributed by atoms with Crippen molar-refractivity contribution in [2.45, 2.75) is 0 Å². The predicted octanol–water partition coefficient (Wildman–Crippen LogP) is 0.217. The molecule has 0 heterocycles. The lowest BCUT2D eigenvalue weighted by Crippen LogP contribution is -2.02. The lowest BCUT2D eigenvalue weighted by Gasteiger charge is -1.96. The Kier molecular flexibility index (Phi) is 9.13. The predicted molar refractivity (Wildman–Crippen MR) is 44.1 cm³/mol. The zero-order valence-corrected chi connectivity index (χ0v) is 6.84. The van der Waals surface area contributed by atoms with E-state index in [9.17, 15) is 0 Å². The van der Waals surface area contributed by atoms with Gasteiger partial charge >= 0.3 is 0 Å². The molecule has 4 N–H and O–H groups in total. The molecule has 0 spiro atoms. The molecule has 0 aromatic carbocycles. The molecule has 0 radical (unpaired) electrons. The van der Waals surface area contributed by atoms with Gasteiger partial charge in [-0.1, -0.05) is 0 Å². The van der Waals surface area contributed by atoms with Crippen molar-refractivity contribution in [2.24, 2.45) is 11.5 Å². The van der Waals surface area contributed by atoms with Crippen LogP contribution in [0.4, 0.5) is 0 Å². The van der Waals surface area contributed by atoms with E-state index >= 15 is 0 Å². The van der Waals surface area contributed by atoms with Crippen molar-refractivity contribution in [3.8, 4) is 0 Å². The van der Waals surface area contributed by atoms with Crippen LogP contribution in [0.25, 0.3) is 0 Å². The molecule has 0 rings (SSSR count). The van der Waals surface area contributed by atoms with E-state index in [-0.39, 0.29) is 0 Å². The molecule has 9 heavy (non-hydrogen) atoms. The van der Waals surface area contributed by atoms with Crippen molar-refractivity contribution in [2.75, 3.05) is 24.6 Å². The average Bonchev–Trinajstić information content (AvgIpc) is 1.89. The Morgan fingerprint density at radius 2 is 1.44 bits per heavy atom. The van der Waals surface area contributed by atoms with E-state index in [2.05, 4.69) is 0 Å². The molecule has 0 amide bonds. The Morgan fingerprint density at radius 3 is 1.78 bits per heavy atom. The van der Waals surface area contributed by atoms with Gasteiger partial charge in [-0.3, -0.25) is 0 Å². The van der Waals surface area contributed by atoms with Crippen LogP contribution in [0.5, 0.6) is 0 Å². The molecule has 5 heteroatoms. The summed E-state index contributed by atoms with van der Waals surface area (Å²) in [5.74, 6) is 1.69. The average molecular weight is 168 g/mol. The summed E-state index contributed by atoms with van der Waals surface area (Å²) in [6, 6.07) is 0. The van der Waals surface area contributed by atoms with Crippen molar-refractivity contribution >= 4 is 24.1 Å². The highest BCUT2D eigenvalue weighted by atomic mass is 32.2. The maximum atomic E-state index is 5.21. The quantitative estimate of drug-likeness (QED) is 0.439. The van der Waals surface area contributed by atoms with Crippen LogP contribution in [0.3, 0.4) is 0 Å². The van der Waals surface area contributed by atoms with Crippen LogP contribution in [-0.4, -0.2) is 24.6 Å². The SMILES string of the molecule is NCCSOSCCN. The van der Waals surface area contributed by atoms with Crippen LogP contribution in [0.2, 0.25) is 0 Å². The molecule has 0 atom stereocenters. The monoisotopic (exact) mass is 168 g/mol. The van der Waals surface area contributed by atoms with Gasteiger partial charge in [0.1, 0.15) is 0 Å². The summed E-state index contributed by atoms with van der Waals surface area (Å²) in [7, 11) is 0. The Bertz CT molecular complexity index is 49.8. The summed E-state index contributed by atoms with van der Waals surface area (Å²) in [5, 5.41) is 0. The van der Waals surface area contributed by atoms with Gasteiger partial charge in [0.2, 0.25) is 0 Å². The fourth-order valence-corrected chi connectivity index (χ4v) is 1.21. The van der Waals surface area contributed by atoms with Gasteiger partial charge in [0, 0.05) is 48.7 Å². The van der Waals surface area contributed by atoms with Gasteiger partial charge in [0.05, 0.1) is 0 Å². The van der Waals surface area contributed by atoms with Crippen LogP contribution in [0.1, 0.15) is 0 Å². The van der Waals surface area contributed by atoms with Gasteiger partial charge in [-0.05, 0) is 0 Å². The summed E-state index contributed by atoms with van der Waals surface area (Å²) < 4.78 is 4.99. The number of hydrogen-bond acceptors (Lipinski definition) is 5. The van der Waals surface area contributed by atoms with Gasteiger partial charge in [0.15, 0.2) is 0 Å². The Hall–Kier alpha value is 0.580. The molecule has 0 unspecified atom stereocenters. The highest BCUT2D eigenvalue weighted by molar-refractivity contribution is 8.07. The lowest BCUT2D eigenvalue weighted by atomic mass is 10.8. The number of hydrogen-bond donors (Lipinski definition) is 2. The lowest BCUT2D eigenvalue weighted by molar-refractivity contribution is 0.754. The third-order valence-corrected chi connectivity index (χ3v) is 2.07. The second-order valence-electron chi connectivity index (χ2n) is 1.29. The summed E-state index contributed by atoms with van der Waals surface area (Å²) in [6.07, 6.45) is 0. The second-order valence-corrected chi connectivity index (χ2v) is 3.12. The normalized spacial score (nSPS) is 10.0. The highest BCUT2D eigenvalue weighted by Crippen LogP contribution is 2.12. The van der Waals surface area contributed by atoms with E-state index in [1.54, 1.807) is 0 Å². The third kappa shape index (κ3) is 8.58. The molecule has 0 aromatic heterocycles. The Labute approximate surface area is 64.3 Å². The first-order chi connectivity index (χ1) is 4.41. The second kappa shape index (κ2) is 8.58. The third-order valence-electron chi connectivity index (χ3n) is 0.499. The van der Waals surface area contributed by atoms with Gasteiger partial charge in [-0.25, -0.2) is 3.63 Å². The minimum atomic E-state index is 0.661. The van der Waals surface area contributed by atoms with E-state index in [1.165, 1.54) is 24.1 Å². The molecule has 3 nitrogen and oxygen atoms in total. The fourth-order valence-electron chi connectivity index (χ4n) is 0.198. The summed E-state index contributed by atoms with van der Waals surface area (Å²) in [4.78, 5) is 0. The van der Waals surface area contributed by atoms with Crippen LogP contribution in [-0.2, 0) is 3.63 Å². The maximum absolute atomic E-state index is 5.21. The first kappa shape index (κ1) is 9.58. The Balaban J connectivity index is 2.60. The fraction of sp³-hybridized carbons (Fsp3) is 1.00. The topological polar surface area (TPSA) is 61.3 Å². The molecule has 0 aliphatic rings. The van der Waals surface area contributed by atoms with Crippen LogP contribution < -0.4 is 11.5 Å².